The van der Waals surface area contributed by atoms with Crippen LogP contribution in [-0.4, -0.2) is 55.3 Å². The highest BCUT2D eigenvalue weighted by molar-refractivity contribution is 5.96. The second kappa shape index (κ2) is 7.87. The normalized spacial score (nSPS) is 20.6. The Morgan fingerprint density at radius 1 is 1.10 bits per heavy atom. The number of amides is 1. The fraction of sp³-hybridized carbons (Fsp3) is 0.391. The molecule has 6 heteroatoms. The molecule has 2 aromatic rings. The van der Waals surface area contributed by atoms with Gasteiger partial charge in [0.15, 0.2) is 0 Å². The second-order valence-electron chi connectivity index (χ2n) is 7.86. The maximum atomic E-state index is 13.2. The van der Waals surface area contributed by atoms with Crippen molar-refractivity contribution in [2.45, 2.75) is 12.8 Å². The van der Waals surface area contributed by atoms with Gasteiger partial charge in [-0.15, -0.1) is 0 Å². The number of aliphatic carboxylic acids is 1. The number of hydrogen-bond acceptors (Lipinski definition) is 4. The van der Waals surface area contributed by atoms with Crippen LogP contribution in [0.15, 0.2) is 48.5 Å². The molecule has 2 aliphatic heterocycles. The first-order valence-corrected chi connectivity index (χ1v) is 9.87. The van der Waals surface area contributed by atoms with Crippen molar-refractivity contribution in [3.63, 3.8) is 0 Å². The van der Waals surface area contributed by atoms with Gasteiger partial charge >= 0.3 is 5.97 Å². The molecule has 6 nitrogen and oxygen atoms in total. The Kier molecular flexibility index (Phi) is 5.28. The van der Waals surface area contributed by atoms with Gasteiger partial charge in [0.1, 0.15) is 5.75 Å². The van der Waals surface area contributed by atoms with E-state index in [1.165, 1.54) is 0 Å². The number of carbonyl (C=O) groups is 2. The van der Waals surface area contributed by atoms with Crippen LogP contribution in [0.5, 0.6) is 5.75 Å². The minimum Gasteiger partial charge on any atom is -0.497 e. The highest BCUT2D eigenvalue weighted by Crippen LogP contribution is 2.44. The Balaban J connectivity index is 1.59. The quantitative estimate of drug-likeness (QED) is 0.860. The van der Waals surface area contributed by atoms with Crippen LogP contribution in [0.25, 0.3) is 11.1 Å². The third-order valence-corrected chi connectivity index (χ3v) is 6.23. The van der Waals surface area contributed by atoms with Crippen molar-refractivity contribution in [2.24, 2.45) is 11.3 Å². The van der Waals surface area contributed by atoms with Gasteiger partial charge in [0, 0.05) is 37.3 Å². The minimum atomic E-state index is -0.827. The van der Waals surface area contributed by atoms with E-state index in [2.05, 4.69) is 0 Å². The summed E-state index contributed by atoms with van der Waals surface area (Å²) in [6.45, 7) is 1.82. The fourth-order valence-corrected chi connectivity index (χ4v) is 4.57. The van der Waals surface area contributed by atoms with E-state index in [1.807, 2.05) is 42.5 Å². The number of methoxy groups -OCH3 is 1. The van der Waals surface area contributed by atoms with Gasteiger partial charge in [0.05, 0.1) is 13.0 Å². The molecule has 0 aliphatic carbocycles. The topological polar surface area (TPSA) is 76.1 Å². The SMILES string of the molecule is COc1cccc(-c2cccc(C(=O)N3CC(C(=O)O)C4(CCOCC4)C3)c2)c1. The predicted molar refractivity (Wildman–Crippen MR) is 108 cm³/mol. The maximum Gasteiger partial charge on any atom is 0.308 e. The van der Waals surface area contributed by atoms with E-state index in [1.54, 1.807) is 18.1 Å². The van der Waals surface area contributed by atoms with Crippen LogP contribution < -0.4 is 4.74 Å². The lowest BCUT2D eigenvalue weighted by Gasteiger charge is -2.36. The standard InChI is InChI=1S/C23H25NO5/c1-28-19-7-3-5-17(13-19)16-4-2-6-18(12-16)21(25)24-14-20(22(26)27)23(15-24)8-10-29-11-9-23/h2-7,12-13,20H,8-11,14-15H2,1H3,(H,26,27). The van der Waals surface area contributed by atoms with E-state index in [9.17, 15) is 14.7 Å². The summed E-state index contributed by atoms with van der Waals surface area (Å²) in [7, 11) is 1.62. The molecule has 0 saturated carbocycles. The first-order valence-electron chi connectivity index (χ1n) is 9.87. The fourth-order valence-electron chi connectivity index (χ4n) is 4.57. The van der Waals surface area contributed by atoms with Crippen LogP contribution in [-0.2, 0) is 9.53 Å². The molecule has 152 valence electrons. The highest BCUT2D eigenvalue weighted by atomic mass is 16.5. The maximum absolute atomic E-state index is 13.2. The summed E-state index contributed by atoms with van der Waals surface area (Å²) in [4.78, 5) is 26.8. The van der Waals surface area contributed by atoms with Gasteiger partial charge in [-0.25, -0.2) is 0 Å². The number of carboxylic acids is 1. The number of nitrogens with zero attached hydrogens (tertiary/aromatic N) is 1. The lowest BCUT2D eigenvalue weighted by atomic mass is 9.72. The van der Waals surface area contributed by atoms with Crippen LogP contribution in [0.4, 0.5) is 0 Å². The summed E-state index contributed by atoms with van der Waals surface area (Å²) in [5.41, 5.74) is 2.07. The largest absolute Gasteiger partial charge is 0.497 e. The van der Waals surface area contributed by atoms with Crippen molar-refractivity contribution in [3.05, 3.63) is 54.1 Å². The summed E-state index contributed by atoms with van der Waals surface area (Å²) in [5, 5.41) is 9.75. The van der Waals surface area contributed by atoms with Gasteiger partial charge in [-0.2, -0.15) is 0 Å². The second-order valence-corrected chi connectivity index (χ2v) is 7.86. The number of hydrogen-bond donors (Lipinski definition) is 1. The molecule has 2 fully saturated rings. The zero-order chi connectivity index (χ0) is 20.4. The number of benzene rings is 2. The van der Waals surface area contributed by atoms with E-state index in [0.29, 0.717) is 38.2 Å². The molecule has 0 aromatic heterocycles. The van der Waals surface area contributed by atoms with Crippen molar-refractivity contribution in [1.29, 1.82) is 0 Å². The zero-order valence-corrected chi connectivity index (χ0v) is 16.5. The Bertz CT molecular complexity index is 919. The van der Waals surface area contributed by atoms with E-state index >= 15 is 0 Å². The van der Waals surface area contributed by atoms with Crippen molar-refractivity contribution in [1.82, 2.24) is 4.90 Å². The molecule has 1 amide bonds. The van der Waals surface area contributed by atoms with E-state index < -0.39 is 11.9 Å². The van der Waals surface area contributed by atoms with Gasteiger partial charge in [-0.3, -0.25) is 9.59 Å². The van der Waals surface area contributed by atoms with E-state index in [0.717, 1.165) is 16.9 Å². The molecule has 0 radical (unpaired) electrons. The zero-order valence-electron chi connectivity index (χ0n) is 16.5. The summed E-state index contributed by atoms with van der Waals surface area (Å²) < 4.78 is 10.7. The molecule has 2 aliphatic rings. The summed E-state index contributed by atoms with van der Waals surface area (Å²) in [6, 6.07) is 15.2. The van der Waals surface area contributed by atoms with Crippen LogP contribution in [0.3, 0.4) is 0 Å². The van der Waals surface area contributed by atoms with Crippen molar-refractivity contribution in [2.75, 3.05) is 33.4 Å². The van der Waals surface area contributed by atoms with Crippen LogP contribution >= 0.6 is 0 Å². The average Bonchev–Trinajstić information content (AvgIpc) is 3.12. The van der Waals surface area contributed by atoms with Crippen LogP contribution in [0.2, 0.25) is 0 Å². The lowest BCUT2D eigenvalue weighted by Crippen LogP contribution is -2.40. The van der Waals surface area contributed by atoms with E-state index in [4.69, 9.17) is 9.47 Å². The highest BCUT2D eigenvalue weighted by Gasteiger charge is 2.52. The molecule has 1 N–H and O–H groups in total. The van der Waals surface area contributed by atoms with Crippen LogP contribution in [0, 0.1) is 11.3 Å². The van der Waals surface area contributed by atoms with Crippen molar-refractivity contribution < 1.29 is 24.2 Å². The van der Waals surface area contributed by atoms with Crippen LogP contribution in [0.1, 0.15) is 23.2 Å². The smallest absolute Gasteiger partial charge is 0.308 e. The minimum absolute atomic E-state index is 0.121. The molecule has 29 heavy (non-hydrogen) atoms. The Morgan fingerprint density at radius 2 is 1.79 bits per heavy atom. The number of rotatable bonds is 4. The van der Waals surface area contributed by atoms with E-state index in [-0.39, 0.29) is 17.9 Å². The number of carboxylic acid groups (broad SMARTS) is 1. The molecule has 0 bridgehead atoms. The lowest BCUT2D eigenvalue weighted by molar-refractivity contribution is -0.146. The predicted octanol–water partition coefficient (Wildman–Crippen LogP) is 3.32. The number of ether oxygens (including phenoxy) is 2. The first kappa shape index (κ1) is 19.5. The van der Waals surface area contributed by atoms with Gasteiger partial charge < -0.3 is 19.5 Å². The average molecular weight is 395 g/mol. The molecule has 2 aromatic carbocycles. The monoisotopic (exact) mass is 395 g/mol. The van der Waals surface area contributed by atoms with Gasteiger partial charge in [-0.05, 0) is 48.2 Å². The third kappa shape index (κ3) is 3.72. The first-order chi connectivity index (χ1) is 14.0. The van der Waals surface area contributed by atoms with Gasteiger partial charge in [0.2, 0.25) is 0 Å². The van der Waals surface area contributed by atoms with Gasteiger partial charge in [0.25, 0.3) is 5.91 Å². The molecule has 2 heterocycles. The van der Waals surface area contributed by atoms with Gasteiger partial charge in [-0.1, -0.05) is 24.3 Å². The summed E-state index contributed by atoms with van der Waals surface area (Å²) in [5.74, 6) is -0.738. The molecular weight excluding hydrogens is 370 g/mol. The molecule has 2 saturated heterocycles. The molecule has 1 unspecified atom stereocenters. The molecule has 4 rings (SSSR count). The molecule has 1 atom stereocenters. The summed E-state index contributed by atoms with van der Waals surface area (Å²) in [6.07, 6.45) is 1.36. The molecular formula is C23H25NO5. The third-order valence-electron chi connectivity index (χ3n) is 6.23. The molecule has 1 spiro atoms. The van der Waals surface area contributed by atoms with Crippen molar-refractivity contribution in [3.8, 4) is 16.9 Å². The number of carbonyl (C=O) groups excluding carboxylic acids is 1. The number of likely N-dealkylation sites (tertiary alicyclic amines) is 1. The Morgan fingerprint density at radius 3 is 2.48 bits per heavy atom. The Labute approximate surface area is 170 Å². The Hall–Kier alpha value is -2.86. The van der Waals surface area contributed by atoms with Crippen molar-refractivity contribution >= 4 is 11.9 Å². The summed E-state index contributed by atoms with van der Waals surface area (Å²) >= 11 is 0.